The third-order valence-electron chi connectivity index (χ3n) is 4.27. The van der Waals surface area contributed by atoms with Gasteiger partial charge in [0.2, 0.25) is 0 Å². The molecule has 0 spiro atoms. The van der Waals surface area contributed by atoms with Crippen LogP contribution in [0.15, 0.2) is 41.3 Å². The van der Waals surface area contributed by atoms with Gasteiger partial charge in [-0.05, 0) is 30.3 Å². The summed E-state index contributed by atoms with van der Waals surface area (Å²) < 4.78 is 82.5. The van der Waals surface area contributed by atoms with Crippen molar-refractivity contribution < 1.29 is 30.7 Å². The number of sulfone groups is 1. The highest BCUT2D eigenvalue weighted by molar-refractivity contribution is 7.90. The Morgan fingerprint density at radius 2 is 1.87 bits per heavy atom. The fourth-order valence-electron chi connectivity index (χ4n) is 2.78. The van der Waals surface area contributed by atoms with Crippen LogP contribution < -0.4 is 4.74 Å². The van der Waals surface area contributed by atoms with Crippen LogP contribution in [0.2, 0.25) is 5.02 Å². The molecule has 0 saturated heterocycles. The molecule has 3 rings (SSSR count). The highest BCUT2D eigenvalue weighted by Crippen LogP contribution is 2.33. The molecule has 0 N–H and O–H groups in total. The summed E-state index contributed by atoms with van der Waals surface area (Å²) in [7, 11) is -2.27. The van der Waals surface area contributed by atoms with Crippen molar-refractivity contribution in [3.05, 3.63) is 53.1 Å². The number of methoxy groups -OCH3 is 1. The van der Waals surface area contributed by atoms with Crippen LogP contribution >= 0.6 is 11.6 Å². The van der Waals surface area contributed by atoms with Crippen LogP contribution in [0.25, 0.3) is 17.1 Å². The lowest BCUT2D eigenvalue weighted by molar-refractivity contribution is -0.134. The normalized spacial score (nSPS) is 12.2. The van der Waals surface area contributed by atoms with Gasteiger partial charge in [0.25, 0.3) is 0 Å². The number of hydrogen-bond acceptors (Lipinski definition) is 5. The maximum Gasteiger partial charge on any atom is 0.389 e. The van der Waals surface area contributed by atoms with Gasteiger partial charge in [-0.2, -0.15) is 18.3 Å². The van der Waals surface area contributed by atoms with Crippen LogP contribution in [-0.4, -0.2) is 42.7 Å². The number of aryl methyl sites for hydroxylation is 1. The fourth-order valence-corrected chi connectivity index (χ4v) is 3.54. The second kappa shape index (κ2) is 8.46. The predicted molar refractivity (Wildman–Crippen MR) is 106 cm³/mol. The first kappa shape index (κ1) is 23.0. The smallest absolute Gasteiger partial charge is 0.389 e. The molecule has 0 unspecified atom stereocenters. The lowest BCUT2D eigenvalue weighted by Crippen LogP contribution is -2.09. The Bertz CT molecular complexity index is 1230. The Morgan fingerprint density at radius 1 is 1.16 bits per heavy atom. The number of aromatic nitrogens is 3. The quantitative estimate of drug-likeness (QED) is 0.484. The molecule has 1 aromatic heterocycles. The molecule has 0 aliphatic rings. The standard InChI is InChI=1S/C19H16ClF4N3O3S/c1-30-16-6-4-12(31(2,28)29)10-13(16)18-25-17(7-8-19(22,23)24)26-27(18)11-3-5-14(20)15(21)9-11/h3-6,9-10H,7-8H2,1-2H3. The van der Waals surface area contributed by atoms with Gasteiger partial charge >= 0.3 is 6.18 Å². The van der Waals surface area contributed by atoms with Crippen molar-refractivity contribution in [1.82, 2.24) is 14.8 Å². The number of halogens is 5. The Labute approximate surface area is 180 Å². The molecule has 31 heavy (non-hydrogen) atoms. The summed E-state index contributed by atoms with van der Waals surface area (Å²) in [6, 6.07) is 7.70. The van der Waals surface area contributed by atoms with Crippen molar-refractivity contribution in [2.75, 3.05) is 13.4 Å². The van der Waals surface area contributed by atoms with Gasteiger partial charge in [-0.25, -0.2) is 22.5 Å². The highest BCUT2D eigenvalue weighted by Gasteiger charge is 2.28. The molecule has 0 fully saturated rings. The van der Waals surface area contributed by atoms with E-state index in [4.69, 9.17) is 16.3 Å². The van der Waals surface area contributed by atoms with Crippen LogP contribution in [0, 0.1) is 5.82 Å². The molecule has 12 heteroatoms. The van der Waals surface area contributed by atoms with Crippen molar-refractivity contribution in [1.29, 1.82) is 0 Å². The third-order valence-corrected chi connectivity index (χ3v) is 5.69. The predicted octanol–water partition coefficient (Wildman–Crippen LogP) is 4.63. The highest BCUT2D eigenvalue weighted by atomic mass is 35.5. The minimum Gasteiger partial charge on any atom is -0.496 e. The number of rotatable bonds is 6. The van der Waals surface area contributed by atoms with E-state index in [0.717, 1.165) is 17.0 Å². The molecule has 3 aromatic rings. The summed E-state index contributed by atoms with van der Waals surface area (Å²) in [5.74, 6) is -0.733. The fraction of sp³-hybridized carbons (Fsp3) is 0.263. The summed E-state index contributed by atoms with van der Waals surface area (Å²) in [4.78, 5) is 4.11. The van der Waals surface area contributed by atoms with E-state index < -0.39 is 34.7 Å². The van der Waals surface area contributed by atoms with E-state index in [1.807, 2.05) is 0 Å². The largest absolute Gasteiger partial charge is 0.496 e. The molecular weight excluding hydrogens is 462 g/mol. The lowest BCUT2D eigenvalue weighted by atomic mass is 10.2. The average Bonchev–Trinajstić information content (AvgIpc) is 3.11. The first-order valence-electron chi connectivity index (χ1n) is 8.75. The Kier molecular flexibility index (Phi) is 6.28. The van der Waals surface area contributed by atoms with Crippen LogP contribution in [0.3, 0.4) is 0 Å². The van der Waals surface area contributed by atoms with Crippen molar-refractivity contribution in [3.8, 4) is 22.8 Å². The summed E-state index contributed by atoms with van der Waals surface area (Å²) in [5.41, 5.74) is 0.293. The van der Waals surface area contributed by atoms with Crippen molar-refractivity contribution in [3.63, 3.8) is 0 Å². The van der Waals surface area contributed by atoms with Gasteiger partial charge in [0.1, 0.15) is 11.6 Å². The van der Waals surface area contributed by atoms with Gasteiger partial charge < -0.3 is 4.74 Å². The maximum absolute atomic E-state index is 14.0. The zero-order valence-electron chi connectivity index (χ0n) is 16.2. The molecule has 2 aromatic carbocycles. The summed E-state index contributed by atoms with van der Waals surface area (Å²) in [6.45, 7) is 0. The summed E-state index contributed by atoms with van der Waals surface area (Å²) in [6.07, 6.45) is -5.10. The van der Waals surface area contributed by atoms with E-state index in [-0.39, 0.29) is 38.6 Å². The number of benzene rings is 2. The van der Waals surface area contributed by atoms with Crippen LogP contribution in [0.5, 0.6) is 5.75 Å². The molecule has 0 saturated carbocycles. The molecule has 0 atom stereocenters. The molecule has 0 aliphatic carbocycles. The summed E-state index contributed by atoms with van der Waals surface area (Å²) in [5, 5.41) is 3.94. The van der Waals surface area contributed by atoms with E-state index in [1.54, 1.807) is 0 Å². The third kappa shape index (κ3) is 5.34. The molecule has 0 radical (unpaired) electrons. The zero-order valence-corrected chi connectivity index (χ0v) is 17.8. The molecule has 6 nitrogen and oxygen atoms in total. The van der Waals surface area contributed by atoms with Gasteiger partial charge in [-0.3, -0.25) is 0 Å². The van der Waals surface area contributed by atoms with Crippen molar-refractivity contribution in [2.24, 2.45) is 0 Å². The van der Waals surface area contributed by atoms with E-state index >= 15 is 0 Å². The SMILES string of the molecule is COc1ccc(S(C)(=O)=O)cc1-c1nc(CCC(F)(F)F)nn1-c1ccc(Cl)c(F)c1. The van der Waals surface area contributed by atoms with E-state index in [2.05, 4.69) is 10.1 Å². The number of alkyl halides is 3. The second-order valence-electron chi connectivity index (χ2n) is 6.61. The van der Waals surface area contributed by atoms with E-state index in [9.17, 15) is 26.0 Å². The van der Waals surface area contributed by atoms with E-state index in [0.29, 0.717) is 0 Å². The molecule has 0 bridgehead atoms. The first-order valence-corrected chi connectivity index (χ1v) is 11.0. The maximum atomic E-state index is 14.0. The first-order chi connectivity index (χ1) is 14.4. The van der Waals surface area contributed by atoms with Crippen LogP contribution in [0.1, 0.15) is 12.2 Å². The molecular formula is C19H16ClF4N3O3S. The van der Waals surface area contributed by atoms with Crippen LogP contribution in [-0.2, 0) is 16.3 Å². The minimum atomic E-state index is -4.42. The van der Waals surface area contributed by atoms with Gasteiger partial charge in [0.15, 0.2) is 21.5 Å². The Morgan fingerprint density at radius 3 is 2.45 bits per heavy atom. The number of hydrogen-bond donors (Lipinski definition) is 0. The van der Waals surface area contributed by atoms with Crippen molar-refractivity contribution in [2.45, 2.75) is 23.9 Å². The molecule has 166 valence electrons. The molecule has 0 amide bonds. The minimum absolute atomic E-state index is 0.0127. The Hall–Kier alpha value is -2.66. The van der Waals surface area contributed by atoms with Crippen molar-refractivity contribution >= 4 is 21.4 Å². The molecule has 1 heterocycles. The van der Waals surface area contributed by atoms with Gasteiger partial charge in [0.05, 0.1) is 34.7 Å². The van der Waals surface area contributed by atoms with Crippen LogP contribution in [0.4, 0.5) is 17.6 Å². The summed E-state index contributed by atoms with van der Waals surface area (Å²) >= 11 is 5.72. The zero-order chi connectivity index (χ0) is 23.0. The number of ether oxygens (including phenoxy) is 1. The second-order valence-corrected chi connectivity index (χ2v) is 9.03. The monoisotopic (exact) mass is 477 g/mol. The average molecular weight is 478 g/mol. The molecule has 0 aliphatic heterocycles. The van der Waals surface area contributed by atoms with E-state index in [1.165, 1.54) is 37.4 Å². The Balaban J connectivity index is 2.22. The lowest BCUT2D eigenvalue weighted by Gasteiger charge is -2.11. The van der Waals surface area contributed by atoms with Gasteiger partial charge in [-0.1, -0.05) is 11.6 Å². The van der Waals surface area contributed by atoms with Gasteiger partial charge in [-0.15, -0.1) is 0 Å². The topological polar surface area (TPSA) is 74.1 Å². The number of nitrogens with zero attached hydrogens (tertiary/aromatic N) is 3. The van der Waals surface area contributed by atoms with Gasteiger partial charge in [0, 0.05) is 18.7 Å².